The summed E-state index contributed by atoms with van der Waals surface area (Å²) in [6.45, 7) is 3.88. The Hall–Kier alpha value is -2.04. The summed E-state index contributed by atoms with van der Waals surface area (Å²) in [4.78, 5) is 24.5. The van der Waals surface area contributed by atoms with Crippen molar-refractivity contribution in [1.29, 1.82) is 0 Å². The molecule has 1 aliphatic rings. The molecule has 0 saturated carbocycles. The zero-order valence-corrected chi connectivity index (χ0v) is 11.8. The molecule has 0 unspecified atom stereocenters. The van der Waals surface area contributed by atoms with Crippen LogP contribution >= 0.6 is 0 Å². The van der Waals surface area contributed by atoms with Gasteiger partial charge in [0, 0.05) is 5.69 Å². The van der Waals surface area contributed by atoms with Crippen LogP contribution in [0.15, 0.2) is 24.3 Å². The lowest BCUT2D eigenvalue weighted by molar-refractivity contribution is -0.163. The van der Waals surface area contributed by atoms with Gasteiger partial charge >= 0.3 is 11.9 Å². The van der Waals surface area contributed by atoms with E-state index in [1.165, 1.54) is 0 Å². The minimum absolute atomic E-state index is 0.226. The number of para-hydroxylation sites is 1. The third-order valence-electron chi connectivity index (χ3n) is 3.38. The van der Waals surface area contributed by atoms with Crippen molar-refractivity contribution in [3.05, 3.63) is 29.8 Å². The van der Waals surface area contributed by atoms with Crippen molar-refractivity contribution in [2.45, 2.75) is 32.2 Å². The number of ether oxygens (including phenoxy) is 2. The lowest BCUT2D eigenvalue weighted by atomic mass is 9.86. The number of benzene rings is 1. The zero-order chi connectivity index (χ0) is 14.6. The van der Waals surface area contributed by atoms with Gasteiger partial charge in [0.2, 0.25) is 5.54 Å². The first-order valence-electron chi connectivity index (χ1n) is 6.84. The van der Waals surface area contributed by atoms with Crippen molar-refractivity contribution < 1.29 is 19.1 Å². The maximum atomic E-state index is 12.3. The molecule has 0 radical (unpaired) electrons. The van der Waals surface area contributed by atoms with E-state index < -0.39 is 17.5 Å². The Morgan fingerprint density at radius 2 is 1.75 bits per heavy atom. The first kappa shape index (κ1) is 14.4. The maximum absolute atomic E-state index is 12.3. The van der Waals surface area contributed by atoms with E-state index in [1.807, 2.05) is 24.3 Å². The molecule has 1 N–H and O–H groups in total. The summed E-state index contributed by atoms with van der Waals surface area (Å²) in [6.07, 6.45) is 0.961. The molecule has 0 aliphatic carbocycles. The molecule has 108 valence electrons. The number of anilines is 1. The quantitative estimate of drug-likeness (QED) is 0.672. The molecule has 1 aliphatic heterocycles. The minimum atomic E-state index is -1.43. The van der Waals surface area contributed by atoms with Gasteiger partial charge in [-0.15, -0.1) is 0 Å². The molecular formula is C15H19NO4. The average Bonchev–Trinajstić information content (AvgIpc) is 2.47. The van der Waals surface area contributed by atoms with Crippen molar-refractivity contribution in [3.63, 3.8) is 0 Å². The minimum Gasteiger partial charge on any atom is -0.464 e. The third-order valence-corrected chi connectivity index (χ3v) is 3.38. The number of carbonyl (C=O) groups is 2. The van der Waals surface area contributed by atoms with Gasteiger partial charge in [0.1, 0.15) is 0 Å². The van der Waals surface area contributed by atoms with Gasteiger partial charge in [-0.05, 0) is 38.3 Å². The summed E-state index contributed by atoms with van der Waals surface area (Å²) < 4.78 is 10.1. The fraction of sp³-hybridized carbons (Fsp3) is 0.467. The normalized spacial score (nSPS) is 15.7. The lowest BCUT2D eigenvalue weighted by Gasteiger charge is -2.35. The van der Waals surface area contributed by atoms with E-state index in [2.05, 4.69) is 5.32 Å². The fourth-order valence-corrected chi connectivity index (χ4v) is 2.37. The predicted octanol–water partition coefficient (Wildman–Crippen LogP) is 1.91. The molecule has 5 nitrogen and oxygen atoms in total. The monoisotopic (exact) mass is 277 g/mol. The van der Waals surface area contributed by atoms with Crippen LogP contribution in [-0.2, 0) is 25.5 Å². The number of fused-ring (bicyclic) bond motifs is 1. The van der Waals surface area contributed by atoms with Crippen molar-refractivity contribution in [2.24, 2.45) is 0 Å². The summed E-state index contributed by atoms with van der Waals surface area (Å²) >= 11 is 0. The highest BCUT2D eigenvalue weighted by molar-refractivity contribution is 6.08. The van der Waals surface area contributed by atoms with E-state index in [0.29, 0.717) is 12.8 Å². The topological polar surface area (TPSA) is 64.6 Å². The van der Waals surface area contributed by atoms with E-state index in [1.54, 1.807) is 13.8 Å². The van der Waals surface area contributed by atoms with Gasteiger partial charge in [-0.25, -0.2) is 9.59 Å². The molecule has 1 aromatic rings. The van der Waals surface area contributed by atoms with Gasteiger partial charge in [-0.2, -0.15) is 0 Å². The zero-order valence-electron chi connectivity index (χ0n) is 11.8. The van der Waals surface area contributed by atoms with Crippen LogP contribution in [-0.4, -0.2) is 30.7 Å². The van der Waals surface area contributed by atoms with Crippen molar-refractivity contribution >= 4 is 17.6 Å². The molecule has 0 amide bonds. The Morgan fingerprint density at radius 1 is 1.15 bits per heavy atom. The number of nitrogens with one attached hydrogen (secondary N) is 1. The molecule has 0 saturated heterocycles. The Morgan fingerprint density at radius 3 is 2.35 bits per heavy atom. The van der Waals surface area contributed by atoms with Gasteiger partial charge in [-0.1, -0.05) is 18.2 Å². The number of hydrogen-bond donors (Lipinski definition) is 1. The van der Waals surface area contributed by atoms with Crippen LogP contribution in [0.4, 0.5) is 5.69 Å². The maximum Gasteiger partial charge on any atom is 0.343 e. The average molecular weight is 277 g/mol. The number of esters is 2. The Balaban J connectivity index is 2.35. The highest BCUT2D eigenvalue weighted by Crippen LogP contribution is 2.32. The molecule has 0 spiro atoms. The number of carbonyl (C=O) groups excluding carboxylic acids is 2. The molecule has 0 fully saturated rings. The smallest absolute Gasteiger partial charge is 0.343 e. The van der Waals surface area contributed by atoms with Crippen LogP contribution in [0.2, 0.25) is 0 Å². The van der Waals surface area contributed by atoms with Gasteiger partial charge in [-0.3, -0.25) is 0 Å². The second kappa shape index (κ2) is 5.94. The summed E-state index contributed by atoms with van der Waals surface area (Å²) in [5.41, 5.74) is 0.428. The molecule has 1 heterocycles. The molecule has 20 heavy (non-hydrogen) atoms. The molecule has 0 aromatic heterocycles. The highest BCUT2D eigenvalue weighted by Gasteiger charge is 2.50. The molecule has 0 atom stereocenters. The van der Waals surface area contributed by atoms with Crippen molar-refractivity contribution in [3.8, 4) is 0 Å². The fourth-order valence-electron chi connectivity index (χ4n) is 2.37. The SMILES string of the molecule is CCOC(=O)C1(C(=O)OCC)CCc2ccccc2N1. The van der Waals surface area contributed by atoms with E-state index in [0.717, 1.165) is 11.3 Å². The lowest BCUT2D eigenvalue weighted by Crippen LogP contribution is -2.57. The van der Waals surface area contributed by atoms with Gasteiger partial charge in [0.05, 0.1) is 13.2 Å². The summed E-state index contributed by atoms with van der Waals surface area (Å²) in [7, 11) is 0. The Bertz CT molecular complexity index is 494. The van der Waals surface area contributed by atoms with E-state index in [-0.39, 0.29) is 13.2 Å². The molecule has 2 rings (SSSR count). The Kier molecular flexibility index (Phi) is 4.27. The van der Waals surface area contributed by atoms with Crippen LogP contribution in [0.25, 0.3) is 0 Å². The van der Waals surface area contributed by atoms with Crippen molar-refractivity contribution in [1.82, 2.24) is 0 Å². The summed E-state index contributed by atoms with van der Waals surface area (Å²) in [5.74, 6) is -1.15. The summed E-state index contributed by atoms with van der Waals surface area (Å²) in [6, 6.07) is 7.62. The second-order valence-corrected chi connectivity index (χ2v) is 4.63. The van der Waals surface area contributed by atoms with Gasteiger partial charge in [0.25, 0.3) is 0 Å². The first-order valence-corrected chi connectivity index (χ1v) is 6.84. The molecule has 1 aromatic carbocycles. The predicted molar refractivity (Wildman–Crippen MR) is 74.4 cm³/mol. The van der Waals surface area contributed by atoms with Crippen LogP contribution in [0.1, 0.15) is 25.8 Å². The first-order chi connectivity index (χ1) is 9.64. The molecule has 0 bridgehead atoms. The largest absolute Gasteiger partial charge is 0.464 e. The number of rotatable bonds is 4. The van der Waals surface area contributed by atoms with E-state index in [4.69, 9.17) is 9.47 Å². The van der Waals surface area contributed by atoms with Crippen LogP contribution in [0, 0.1) is 0 Å². The van der Waals surface area contributed by atoms with Crippen LogP contribution in [0.5, 0.6) is 0 Å². The van der Waals surface area contributed by atoms with Gasteiger partial charge in [0.15, 0.2) is 0 Å². The van der Waals surface area contributed by atoms with E-state index >= 15 is 0 Å². The number of hydrogen-bond acceptors (Lipinski definition) is 5. The van der Waals surface area contributed by atoms with Crippen LogP contribution < -0.4 is 5.32 Å². The molecular weight excluding hydrogens is 258 g/mol. The van der Waals surface area contributed by atoms with Crippen molar-refractivity contribution in [2.75, 3.05) is 18.5 Å². The second-order valence-electron chi connectivity index (χ2n) is 4.63. The van der Waals surface area contributed by atoms with E-state index in [9.17, 15) is 9.59 Å². The standard InChI is InChI=1S/C15H19NO4/c1-3-19-13(17)15(14(18)20-4-2)10-9-11-7-5-6-8-12(11)16-15/h5-8,16H,3-4,9-10H2,1-2H3. The molecule has 5 heteroatoms. The van der Waals surface area contributed by atoms with Crippen LogP contribution in [0.3, 0.4) is 0 Å². The third kappa shape index (κ3) is 2.48. The summed E-state index contributed by atoms with van der Waals surface area (Å²) in [5, 5.41) is 3.03. The highest BCUT2D eigenvalue weighted by atomic mass is 16.6. The van der Waals surface area contributed by atoms with Gasteiger partial charge < -0.3 is 14.8 Å². The Labute approximate surface area is 118 Å². The number of aryl methyl sites for hydroxylation is 1.